The van der Waals surface area contributed by atoms with Gasteiger partial charge >= 0.3 is 0 Å². The standard InChI is InChI=1S/C31H50O2/c1-7-22(20(2)3)9-8-21(4)25-10-11-26-24-19-31(32-16-17-33-31)30-18-23(30)12-15-29(30,6)27(24)13-14-28(25,26)5/h8-9,20-27H,7,10-19H2,1-6H3/b9-8+/t21-,22-,23-,24+,25-,26+,27+,28-,29-,30-/m1/s1. The first-order chi connectivity index (χ1) is 15.7. The molecule has 6 aliphatic rings. The molecule has 33 heavy (non-hydrogen) atoms. The Balaban J connectivity index is 1.28. The second kappa shape index (κ2) is 7.58. The molecule has 1 saturated heterocycles. The molecule has 0 unspecified atom stereocenters. The van der Waals surface area contributed by atoms with Gasteiger partial charge in [-0.05, 0) is 110 Å². The number of hydrogen-bond donors (Lipinski definition) is 0. The van der Waals surface area contributed by atoms with Gasteiger partial charge in [0.1, 0.15) is 0 Å². The highest BCUT2D eigenvalue weighted by atomic mass is 16.7. The maximum Gasteiger partial charge on any atom is 0.175 e. The van der Waals surface area contributed by atoms with Gasteiger partial charge in [-0.15, -0.1) is 0 Å². The summed E-state index contributed by atoms with van der Waals surface area (Å²) in [5.41, 5.74) is 1.29. The number of hydrogen-bond acceptors (Lipinski definition) is 2. The van der Waals surface area contributed by atoms with Crippen LogP contribution in [0.1, 0.15) is 99.3 Å². The summed E-state index contributed by atoms with van der Waals surface area (Å²) in [4.78, 5) is 0. The van der Waals surface area contributed by atoms with Gasteiger partial charge < -0.3 is 9.47 Å². The van der Waals surface area contributed by atoms with Gasteiger partial charge in [-0.25, -0.2) is 0 Å². The lowest BCUT2D eigenvalue weighted by Crippen LogP contribution is -2.62. The van der Waals surface area contributed by atoms with Crippen LogP contribution in [0, 0.1) is 63.6 Å². The van der Waals surface area contributed by atoms with Gasteiger partial charge in [0.2, 0.25) is 0 Å². The van der Waals surface area contributed by atoms with Crippen LogP contribution in [0.15, 0.2) is 12.2 Å². The molecule has 1 aliphatic heterocycles. The van der Waals surface area contributed by atoms with E-state index in [2.05, 4.69) is 53.7 Å². The Morgan fingerprint density at radius 1 is 0.879 bits per heavy atom. The zero-order valence-electron chi connectivity index (χ0n) is 22.4. The lowest BCUT2D eigenvalue weighted by molar-refractivity contribution is -0.294. The van der Waals surface area contributed by atoms with Crippen LogP contribution in [0.2, 0.25) is 0 Å². The zero-order valence-corrected chi connectivity index (χ0v) is 22.4. The molecule has 5 saturated carbocycles. The van der Waals surface area contributed by atoms with Crippen molar-refractivity contribution in [2.24, 2.45) is 63.6 Å². The Kier molecular flexibility index (Phi) is 5.30. The first-order valence-corrected chi connectivity index (χ1v) is 14.7. The Bertz CT molecular complexity index is 795. The summed E-state index contributed by atoms with van der Waals surface area (Å²) >= 11 is 0. The molecule has 0 aromatic carbocycles. The molecule has 0 radical (unpaired) electrons. The molecule has 0 amide bonds. The van der Waals surface area contributed by atoms with Gasteiger partial charge in [0.05, 0.1) is 13.2 Å². The van der Waals surface area contributed by atoms with Gasteiger partial charge in [-0.3, -0.25) is 0 Å². The van der Waals surface area contributed by atoms with Crippen LogP contribution in [0.3, 0.4) is 0 Å². The van der Waals surface area contributed by atoms with Crippen molar-refractivity contribution in [3.8, 4) is 0 Å². The first kappa shape index (κ1) is 23.1. The fourth-order valence-electron chi connectivity index (χ4n) is 11.4. The second-order valence-corrected chi connectivity index (χ2v) is 14.1. The molecule has 1 heterocycles. The van der Waals surface area contributed by atoms with E-state index in [0.29, 0.717) is 22.2 Å². The van der Waals surface area contributed by atoms with Crippen LogP contribution in [0.4, 0.5) is 0 Å². The van der Waals surface area contributed by atoms with E-state index in [0.717, 1.165) is 54.6 Å². The SMILES string of the molecule is CC[C@H](/C=C/[C@@H](C)[C@H]1CC[C@H]2[C@@H]3CC4(OCCO4)[C@]45C[C@H]4CC[C@]5(C)[C@H]3CC[C@]12C)C(C)C. The van der Waals surface area contributed by atoms with Crippen LogP contribution in [0.5, 0.6) is 0 Å². The second-order valence-electron chi connectivity index (χ2n) is 14.1. The maximum atomic E-state index is 6.68. The molecule has 5 aliphatic carbocycles. The molecule has 0 aromatic heterocycles. The lowest BCUT2D eigenvalue weighted by Gasteiger charge is -2.63. The fourth-order valence-corrected chi connectivity index (χ4v) is 11.4. The minimum atomic E-state index is -0.239. The molecule has 6 rings (SSSR count). The van der Waals surface area contributed by atoms with Gasteiger partial charge in [0, 0.05) is 11.8 Å². The Morgan fingerprint density at radius 2 is 1.64 bits per heavy atom. The fraction of sp³-hybridized carbons (Fsp3) is 0.935. The number of rotatable bonds is 5. The van der Waals surface area contributed by atoms with Crippen LogP contribution < -0.4 is 0 Å². The third-order valence-electron chi connectivity index (χ3n) is 13.0. The van der Waals surface area contributed by atoms with Crippen molar-refractivity contribution in [3.63, 3.8) is 0 Å². The molecule has 186 valence electrons. The summed E-state index contributed by atoms with van der Waals surface area (Å²) in [6.45, 7) is 16.7. The minimum absolute atomic E-state index is 0.239. The van der Waals surface area contributed by atoms with E-state index in [1.54, 1.807) is 0 Å². The molecule has 2 heteroatoms. The predicted octanol–water partition coefficient (Wildman–Crippen LogP) is 7.87. The molecule has 2 nitrogen and oxygen atoms in total. The maximum absolute atomic E-state index is 6.68. The van der Waals surface area contributed by atoms with Crippen LogP contribution in [-0.4, -0.2) is 19.0 Å². The molecule has 0 bridgehead atoms. The Hall–Kier alpha value is -0.340. The molecular weight excluding hydrogens is 404 g/mol. The van der Waals surface area contributed by atoms with Crippen molar-refractivity contribution in [3.05, 3.63) is 12.2 Å². The highest BCUT2D eigenvalue weighted by Crippen LogP contribution is 2.85. The Morgan fingerprint density at radius 3 is 2.30 bits per heavy atom. The highest BCUT2D eigenvalue weighted by molar-refractivity contribution is 5.29. The molecule has 2 spiro atoms. The number of fused-ring (bicyclic) bond motifs is 4. The summed E-state index contributed by atoms with van der Waals surface area (Å²) in [7, 11) is 0. The Labute approximate surface area is 203 Å². The average Bonchev–Trinajstić information content (AvgIpc) is 3.04. The van der Waals surface area contributed by atoms with E-state index in [1.807, 2.05) is 0 Å². The van der Waals surface area contributed by atoms with Crippen molar-refractivity contribution in [1.82, 2.24) is 0 Å². The largest absolute Gasteiger partial charge is 0.347 e. The van der Waals surface area contributed by atoms with Crippen molar-refractivity contribution < 1.29 is 9.47 Å². The van der Waals surface area contributed by atoms with E-state index in [4.69, 9.17) is 9.47 Å². The molecule has 0 N–H and O–H groups in total. The number of allylic oxidation sites excluding steroid dienone is 2. The van der Waals surface area contributed by atoms with Crippen molar-refractivity contribution in [1.29, 1.82) is 0 Å². The van der Waals surface area contributed by atoms with E-state index in [9.17, 15) is 0 Å². The normalized spacial score (nSPS) is 51.4. The molecule has 0 aromatic rings. The molecule has 10 atom stereocenters. The van der Waals surface area contributed by atoms with Gasteiger partial charge in [0.25, 0.3) is 0 Å². The monoisotopic (exact) mass is 454 g/mol. The van der Waals surface area contributed by atoms with Crippen molar-refractivity contribution in [2.75, 3.05) is 13.2 Å². The summed E-state index contributed by atoms with van der Waals surface area (Å²) in [6, 6.07) is 0. The topological polar surface area (TPSA) is 18.5 Å². The van der Waals surface area contributed by atoms with Gasteiger partial charge in [-0.1, -0.05) is 53.7 Å². The van der Waals surface area contributed by atoms with Crippen LogP contribution >= 0.6 is 0 Å². The van der Waals surface area contributed by atoms with E-state index >= 15 is 0 Å². The molecular formula is C31H50O2. The first-order valence-electron chi connectivity index (χ1n) is 14.7. The van der Waals surface area contributed by atoms with Crippen molar-refractivity contribution in [2.45, 2.75) is 105 Å². The predicted molar refractivity (Wildman–Crippen MR) is 135 cm³/mol. The average molecular weight is 455 g/mol. The lowest BCUT2D eigenvalue weighted by atomic mass is 9.44. The summed E-state index contributed by atoms with van der Waals surface area (Å²) < 4.78 is 13.4. The van der Waals surface area contributed by atoms with Gasteiger partial charge in [0.15, 0.2) is 5.79 Å². The zero-order chi connectivity index (χ0) is 23.2. The van der Waals surface area contributed by atoms with Gasteiger partial charge in [-0.2, -0.15) is 0 Å². The van der Waals surface area contributed by atoms with E-state index in [-0.39, 0.29) is 5.79 Å². The summed E-state index contributed by atoms with van der Waals surface area (Å²) in [6.07, 6.45) is 17.7. The quantitative estimate of drug-likeness (QED) is 0.393. The molecule has 6 fully saturated rings. The smallest absolute Gasteiger partial charge is 0.175 e. The van der Waals surface area contributed by atoms with E-state index < -0.39 is 0 Å². The minimum Gasteiger partial charge on any atom is -0.347 e. The van der Waals surface area contributed by atoms with Crippen LogP contribution in [-0.2, 0) is 9.47 Å². The summed E-state index contributed by atoms with van der Waals surface area (Å²) in [5.74, 6) is 6.22. The third-order valence-corrected chi connectivity index (χ3v) is 13.0. The van der Waals surface area contributed by atoms with E-state index in [1.165, 1.54) is 57.8 Å². The third kappa shape index (κ3) is 2.86. The number of ether oxygens (including phenoxy) is 2. The van der Waals surface area contributed by atoms with Crippen LogP contribution in [0.25, 0.3) is 0 Å². The summed E-state index contributed by atoms with van der Waals surface area (Å²) in [5, 5.41) is 0. The highest BCUT2D eigenvalue weighted by Gasteiger charge is 2.83. The van der Waals surface area contributed by atoms with Crippen molar-refractivity contribution >= 4 is 0 Å².